The molecule has 40 heavy (non-hydrogen) atoms. The van der Waals surface area contributed by atoms with E-state index >= 15 is 0 Å². The van der Waals surface area contributed by atoms with Crippen molar-refractivity contribution in [3.05, 3.63) is 83.9 Å². The monoisotopic (exact) mass is 563 g/mol. The summed E-state index contributed by atoms with van der Waals surface area (Å²) in [7, 11) is -3.79. The van der Waals surface area contributed by atoms with Crippen LogP contribution < -0.4 is 9.04 Å². The molecule has 0 radical (unpaired) electrons. The summed E-state index contributed by atoms with van der Waals surface area (Å²) in [5.74, 6) is 1.02. The second kappa shape index (κ2) is 11.9. The number of hydrogen-bond acceptors (Lipinski definition) is 6. The fourth-order valence-electron chi connectivity index (χ4n) is 5.74. The topological polar surface area (TPSA) is 96.3 Å². The van der Waals surface area contributed by atoms with Gasteiger partial charge in [0.2, 0.25) is 10.0 Å². The fraction of sp³-hybridized carbons (Fsp3) is 0.375. The van der Waals surface area contributed by atoms with Gasteiger partial charge in [0, 0.05) is 6.54 Å². The number of fused-ring (bicyclic) bond motifs is 2. The molecule has 1 fully saturated rings. The molecular formula is C32H37NO6S. The van der Waals surface area contributed by atoms with Gasteiger partial charge in [-0.1, -0.05) is 50.5 Å². The lowest BCUT2D eigenvalue weighted by Crippen LogP contribution is -2.43. The highest BCUT2D eigenvalue weighted by molar-refractivity contribution is 7.93. The lowest BCUT2D eigenvalue weighted by molar-refractivity contribution is 0.128. The first-order valence-corrected chi connectivity index (χ1v) is 15.6. The van der Waals surface area contributed by atoms with E-state index in [1.54, 1.807) is 48.5 Å². The van der Waals surface area contributed by atoms with Crippen LogP contribution in [0.1, 0.15) is 57.1 Å². The van der Waals surface area contributed by atoms with Gasteiger partial charge in [0.15, 0.2) is 0 Å². The van der Waals surface area contributed by atoms with E-state index < -0.39 is 27.5 Å². The highest BCUT2D eigenvalue weighted by Gasteiger charge is 2.54. The van der Waals surface area contributed by atoms with E-state index in [4.69, 9.17) is 9.47 Å². The number of phenols is 2. The van der Waals surface area contributed by atoms with Crippen molar-refractivity contribution in [2.24, 2.45) is 0 Å². The Morgan fingerprint density at radius 1 is 0.825 bits per heavy atom. The predicted octanol–water partition coefficient (Wildman–Crippen LogP) is 6.36. The highest BCUT2D eigenvalue weighted by Crippen LogP contribution is 2.51. The summed E-state index contributed by atoms with van der Waals surface area (Å²) in [5, 5.41) is 18.9. The molecule has 2 bridgehead atoms. The molecule has 5 rings (SSSR count). The lowest BCUT2D eigenvalue weighted by Gasteiger charge is -2.31. The Hall–Kier alpha value is -3.49. The van der Waals surface area contributed by atoms with Crippen molar-refractivity contribution in [1.82, 2.24) is 0 Å². The van der Waals surface area contributed by atoms with E-state index in [-0.39, 0.29) is 18.0 Å². The van der Waals surface area contributed by atoms with Gasteiger partial charge in [0.05, 0.1) is 18.4 Å². The van der Waals surface area contributed by atoms with E-state index in [0.29, 0.717) is 18.7 Å². The molecule has 0 saturated carbocycles. The molecule has 3 aromatic carbocycles. The zero-order valence-corrected chi connectivity index (χ0v) is 23.8. The van der Waals surface area contributed by atoms with E-state index in [2.05, 4.69) is 6.92 Å². The maximum atomic E-state index is 14.1. The lowest BCUT2D eigenvalue weighted by atomic mass is 9.83. The molecule has 0 aliphatic carbocycles. The molecular weight excluding hydrogens is 526 g/mol. The number of phenolic OH excluding ortho intramolecular Hbond substituents is 2. The van der Waals surface area contributed by atoms with Crippen molar-refractivity contribution in [2.45, 2.75) is 63.4 Å². The minimum absolute atomic E-state index is 0.134. The molecule has 2 N–H and O–H groups in total. The third kappa shape index (κ3) is 5.56. The molecule has 2 heterocycles. The highest BCUT2D eigenvalue weighted by atomic mass is 32.2. The third-order valence-corrected chi connectivity index (χ3v) is 10.0. The van der Waals surface area contributed by atoms with Gasteiger partial charge >= 0.3 is 0 Å². The fourth-order valence-corrected chi connectivity index (χ4v) is 7.78. The van der Waals surface area contributed by atoms with E-state index in [9.17, 15) is 18.6 Å². The molecule has 8 heteroatoms. The number of ether oxygens (including phenoxy) is 2. The Bertz CT molecular complexity index is 1430. The number of aromatic hydroxyl groups is 2. The zero-order chi connectivity index (χ0) is 28.3. The number of sulfonamides is 1. The molecule has 0 amide bonds. The first-order valence-electron chi connectivity index (χ1n) is 14.1. The molecule has 0 spiro atoms. The minimum Gasteiger partial charge on any atom is -0.508 e. The van der Waals surface area contributed by atoms with Gasteiger partial charge in [0.1, 0.15) is 28.6 Å². The van der Waals surface area contributed by atoms with Gasteiger partial charge in [-0.25, -0.2) is 8.42 Å². The van der Waals surface area contributed by atoms with Gasteiger partial charge in [-0.15, -0.1) is 0 Å². The SMILES string of the molecule is CCCCCCOc1ccc(N(CC)S(=O)(=O)[C@H]2C[C@H]3O[C@@H]2C(c2ccc(O)cc2)=C3c2ccc(O)cc2)cc1. The summed E-state index contributed by atoms with van der Waals surface area (Å²) in [6, 6.07) is 20.9. The third-order valence-electron chi connectivity index (χ3n) is 7.72. The Balaban J connectivity index is 1.42. The quantitative estimate of drug-likeness (QED) is 0.249. The van der Waals surface area contributed by atoms with Crippen molar-refractivity contribution in [1.29, 1.82) is 0 Å². The van der Waals surface area contributed by atoms with Crippen molar-refractivity contribution in [3.63, 3.8) is 0 Å². The number of benzene rings is 3. The maximum Gasteiger partial charge on any atom is 0.241 e. The van der Waals surface area contributed by atoms with E-state index in [0.717, 1.165) is 40.9 Å². The largest absolute Gasteiger partial charge is 0.508 e. The van der Waals surface area contributed by atoms with Crippen LogP contribution in [0, 0.1) is 0 Å². The molecule has 0 unspecified atom stereocenters. The van der Waals surface area contributed by atoms with Crippen molar-refractivity contribution < 1.29 is 28.1 Å². The van der Waals surface area contributed by atoms with Crippen LogP contribution in [0.2, 0.25) is 0 Å². The standard InChI is InChI=1S/C32H37NO6S/c1-3-5-6-7-20-38-27-18-12-24(13-19-27)33(4-2)40(36,37)29-21-28-30(22-8-14-25(34)15-9-22)31(32(29)39-28)23-10-16-26(35)17-11-23/h8-19,28-29,32,34-35H,3-7,20-21H2,1-2H3/t28-,29+,32+/m1/s1. The molecule has 3 atom stereocenters. The average molecular weight is 564 g/mol. The van der Waals surface area contributed by atoms with Crippen molar-refractivity contribution in [2.75, 3.05) is 17.5 Å². The van der Waals surface area contributed by atoms with Gasteiger partial charge < -0.3 is 19.7 Å². The molecule has 3 aromatic rings. The van der Waals surface area contributed by atoms with Gasteiger partial charge in [-0.2, -0.15) is 0 Å². The Morgan fingerprint density at radius 2 is 1.43 bits per heavy atom. The Kier molecular flexibility index (Phi) is 8.38. The second-order valence-electron chi connectivity index (χ2n) is 10.4. The summed E-state index contributed by atoms with van der Waals surface area (Å²) >= 11 is 0. The minimum atomic E-state index is -3.79. The second-order valence-corrected chi connectivity index (χ2v) is 12.4. The molecule has 2 aliphatic heterocycles. The maximum absolute atomic E-state index is 14.1. The summed E-state index contributed by atoms with van der Waals surface area (Å²) in [4.78, 5) is 0. The molecule has 2 aliphatic rings. The summed E-state index contributed by atoms with van der Waals surface area (Å²) in [6.07, 6.45) is 3.77. The molecule has 0 aromatic heterocycles. The molecule has 7 nitrogen and oxygen atoms in total. The van der Waals surface area contributed by atoms with Crippen LogP contribution in [0.15, 0.2) is 72.8 Å². The Morgan fingerprint density at radius 3 is 2.00 bits per heavy atom. The predicted molar refractivity (Wildman–Crippen MR) is 158 cm³/mol. The van der Waals surface area contributed by atoms with Crippen molar-refractivity contribution in [3.8, 4) is 17.2 Å². The van der Waals surface area contributed by atoms with Crippen LogP contribution >= 0.6 is 0 Å². The number of rotatable bonds is 12. The normalized spacial score (nSPS) is 20.2. The van der Waals surface area contributed by atoms with Gasteiger partial charge in [-0.05, 0) is 90.6 Å². The summed E-state index contributed by atoms with van der Waals surface area (Å²) < 4.78 is 42.0. The number of hydrogen-bond donors (Lipinski definition) is 2. The molecule has 1 saturated heterocycles. The first kappa shape index (κ1) is 28.1. The van der Waals surface area contributed by atoms with Crippen LogP contribution in [-0.4, -0.2) is 49.2 Å². The van der Waals surface area contributed by atoms with Crippen LogP contribution in [0.5, 0.6) is 17.2 Å². The summed E-state index contributed by atoms with van der Waals surface area (Å²) in [5.41, 5.74) is 4.00. The number of unbranched alkanes of at least 4 members (excludes halogenated alkanes) is 3. The van der Waals surface area contributed by atoms with Crippen LogP contribution in [0.3, 0.4) is 0 Å². The zero-order valence-electron chi connectivity index (χ0n) is 23.0. The van der Waals surface area contributed by atoms with Crippen LogP contribution in [0.25, 0.3) is 11.1 Å². The van der Waals surface area contributed by atoms with Gasteiger partial charge in [-0.3, -0.25) is 4.31 Å². The number of nitrogens with zero attached hydrogens (tertiary/aromatic N) is 1. The van der Waals surface area contributed by atoms with Gasteiger partial charge in [0.25, 0.3) is 0 Å². The summed E-state index contributed by atoms with van der Waals surface area (Å²) in [6.45, 7) is 4.95. The number of anilines is 1. The molecule has 212 valence electrons. The van der Waals surface area contributed by atoms with E-state index in [1.165, 1.54) is 17.1 Å². The van der Waals surface area contributed by atoms with Crippen LogP contribution in [-0.2, 0) is 14.8 Å². The van der Waals surface area contributed by atoms with Crippen LogP contribution in [0.4, 0.5) is 5.69 Å². The average Bonchev–Trinajstić information content (AvgIpc) is 3.55. The smallest absolute Gasteiger partial charge is 0.241 e. The van der Waals surface area contributed by atoms with E-state index in [1.807, 2.05) is 31.2 Å². The first-order chi connectivity index (χ1) is 19.3. The van der Waals surface area contributed by atoms with Crippen molar-refractivity contribution >= 4 is 26.9 Å². The Labute approximate surface area is 236 Å².